The van der Waals surface area contributed by atoms with Crippen molar-refractivity contribution in [3.8, 4) is 5.75 Å². The van der Waals surface area contributed by atoms with Crippen LogP contribution in [-0.4, -0.2) is 55.0 Å². The molecule has 8 heteroatoms. The number of amides is 1. The summed E-state index contributed by atoms with van der Waals surface area (Å²) < 4.78 is 22.0. The summed E-state index contributed by atoms with van der Waals surface area (Å²) in [5.41, 5.74) is 0.850. The molecule has 0 radical (unpaired) electrons. The number of hydrogen-bond acceptors (Lipinski definition) is 7. The maximum Gasteiger partial charge on any atom is 0.303 e. The second-order valence-electron chi connectivity index (χ2n) is 9.39. The number of carbonyl (C=O) groups excluding carboxylic acids is 2. The molecule has 0 saturated carbocycles. The molecule has 5 rings (SSSR count). The molecule has 2 aromatic heterocycles. The Labute approximate surface area is 198 Å². The lowest BCUT2D eigenvalue weighted by atomic mass is 9.77. The van der Waals surface area contributed by atoms with E-state index in [1.165, 1.54) is 6.92 Å². The second kappa shape index (κ2) is 9.18. The van der Waals surface area contributed by atoms with Crippen molar-refractivity contribution in [3.05, 3.63) is 53.7 Å². The molecule has 2 saturated heterocycles. The van der Waals surface area contributed by atoms with Crippen LogP contribution in [-0.2, 0) is 22.7 Å². The molecule has 1 aromatic carbocycles. The molecule has 1 spiro atoms. The van der Waals surface area contributed by atoms with Crippen molar-refractivity contribution >= 4 is 22.8 Å². The second-order valence-corrected chi connectivity index (χ2v) is 9.39. The lowest BCUT2D eigenvalue weighted by molar-refractivity contribution is -0.142. The summed E-state index contributed by atoms with van der Waals surface area (Å²) in [5.74, 6) is 2.17. The molecule has 4 heterocycles. The number of rotatable bonds is 6. The number of para-hydroxylation sites is 1. The summed E-state index contributed by atoms with van der Waals surface area (Å²) in [6.07, 6.45) is 3.08. The van der Waals surface area contributed by atoms with Crippen LogP contribution in [0.2, 0.25) is 0 Å². The first kappa shape index (κ1) is 22.5. The van der Waals surface area contributed by atoms with Gasteiger partial charge in [-0.15, -0.1) is 0 Å². The Balaban J connectivity index is 1.16. The van der Waals surface area contributed by atoms with E-state index in [-0.39, 0.29) is 23.9 Å². The van der Waals surface area contributed by atoms with Crippen LogP contribution in [0, 0.1) is 5.41 Å². The van der Waals surface area contributed by atoms with Crippen molar-refractivity contribution in [1.29, 1.82) is 0 Å². The van der Waals surface area contributed by atoms with Crippen LogP contribution in [0.25, 0.3) is 11.0 Å². The number of piperidine rings is 1. The van der Waals surface area contributed by atoms with Crippen LogP contribution >= 0.6 is 0 Å². The van der Waals surface area contributed by atoms with Crippen LogP contribution < -0.4 is 4.74 Å². The first-order valence-corrected chi connectivity index (χ1v) is 11.7. The third-order valence-electron chi connectivity index (χ3n) is 7.08. The zero-order valence-corrected chi connectivity index (χ0v) is 19.7. The van der Waals surface area contributed by atoms with Crippen LogP contribution in [0.3, 0.4) is 0 Å². The number of carbonyl (C=O) groups is 2. The average Bonchev–Trinajstić information content (AvgIpc) is 3.56. The zero-order chi connectivity index (χ0) is 23.7. The van der Waals surface area contributed by atoms with Crippen LogP contribution in [0.15, 0.2) is 45.2 Å². The van der Waals surface area contributed by atoms with Gasteiger partial charge in [-0.2, -0.15) is 0 Å². The highest BCUT2D eigenvalue weighted by Crippen LogP contribution is 2.41. The number of methoxy groups -OCH3 is 1. The zero-order valence-electron chi connectivity index (χ0n) is 19.7. The van der Waals surface area contributed by atoms with E-state index >= 15 is 0 Å². The molecule has 0 aliphatic carbocycles. The van der Waals surface area contributed by atoms with Gasteiger partial charge in [-0.3, -0.25) is 14.5 Å². The van der Waals surface area contributed by atoms with Crippen LogP contribution in [0.5, 0.6) is 5.75 Å². The monoisotopic (exact) mass is 466 g/mol. The highest BCUT2D eigenvalue weighted by atomic mass is 16.5. The average molecular weight is 467 g/mol. The van der Waals surface area contributed by atoms with Gasteiger partial charge in [0.1, 0.15) is 18.1 Å². The number of furan rings is 2. The Hall–Kier alpha value is -3.26. The minimum atomic E-state index is -0.315. The molecule has 1 amide bonds. The standard InChI is InChI=1S/C26H30N2O6/c1-18(29)32-16-21-7-6-20(33-21)15-27-11-8-26(17-27)9-12-28(13-10-26)25(30)23-14-19-4-3-5-22(31-2)24(19)34-23/h3-7,14H,8-13,15-17H2,1-2H3. The van der Waals surface area contributed by atoms with E-state index in [2.05, 4.69) is 4.90 Å². The topological polar surface area (TPSA) is 85.4 Å². The van der Waals surface area contributed by atoms with Gasteiger partial charge in [0, 0.05) is 31.9 Å². The largest absolute Gasteiger partial charge is 0.493 e. The molecule has 0 unspecified atom stereocenters. The van der Waals surface area contributed by atoms with E-state index in [0.717, 1.165) is 63.1 Å². The molecular weight excluding hydrogens is 436 g/mol. The minimum absolute atomic E-state index is 0.0566. The summed E-state index contributed by atoms with van der Waals surface area (Å²) in [6.45, 7) is 5.77. The van der Waals surface area contributed by atoms with E-state index < -0.39 is 0 Å². The Morgan fingerprint density at radius 3 is 2.56 bits per heavy atom. The van der Waals surface area contributed by atoms with Gasteiger partial charge >= 0.3 is 5.97 Å². The molecule has 180 valence electrons. The summed E-state index contributed by atoms with van der Waals surface area (Å²) in [6, 6.07) is 11.3. The number of likely N-dealkylation sites (tertiary alicyclic amines) is 2. The number of esters is 1. The summed E-state index contributed by atoms with van der Waals surface area (Å²) in [4.78, 5) is 28.4. The highest BCUT2D eigenvalue weighted by Gasteiger charge is 2.41. The number of hydrogen-bond donors (Lipinski definition) is 0. The van der Waals surface area contributed by atoms with E-state index in [9.17, 15) is 9.59 Å². The van der Waals surface area contributed by atoms with Crippen LogP contribution in [0.4, 0.5) is 0 Å². The van der Waals surface area contributed by atoms with Gasteiger partial charge in [0.15, 0.2) is 17.1 Å². The molecule has 2 aliphatic heterocycles. The Kier molecular flexibility index (Phi) is 6.08. The van der Waals surface area contributed by atoms with Gasteiger partial charge in [0.05, 0.1) is 13.7 Å². The predicted molar refractivity (Wildman–Crippen MR) is 124 cm³/mol. The minimum Gasteiger partial charge on any atom is -0.493 e. The van der Waals surface area contributed by atoms with E-state index in [1.54, 1.807) is 13.2 Å². The maximum absolute atomic E-state index is 13.1. The van der Waals surface area contributed by atoms with Crippen molar-refractivity contribution in [2.75, 3.05) is 33.3 Å². The summed E-state index contributed by atoms with van der Waals surface area (Å²) in [7, 11) is 1.60. The Morgan fingerprint density at radius 2 is 1.79 bits per heavy atom. The maximum atomic E-state index is 13.1. The number of benzene rings is 1. The quantitative estimate of drug-likeness (QED) is 0.503. The summed E-state index contributed by atoms with van der Waals surface area (Å²) >= 11 is 0. The SMILES string of the molecule is COc1cccc2cc(C(=O)N3CCC4(CCN(Cc5ccc(COC(C)=O)o5)C4)CC3)oc12. The number of nitrogens with zero attached hydrogens (tertiary/aromatic N) is 2. The predicted octanol–water partition coefficient (Wildman–Crippen LogP) is 4.23. The molecule has 34 heavy (non-hydrogen) atoms. The Bertz CT molecular complexity index is 1190. The smallest absolute Gasteiger partial charge is 0.303 e. The van der Waals surface area contributed by atoms with E-state index in [0.29, 0.717) is 22.9 Å². The lowest BCUT2D eigenvalue weighted by Gasteiger charge is -2.39. The molecule has 3 aromatic rings. The molecule has 0 N–H and O–H groups in total. The fourth-order valence-electron chi connectivity index (χ4n) is 5.19. The first-order chi connectivity index (χ1) is 16.4. The van der Waals surface area contributed by atoms with Gasteiger partial charge in [0.2, 0.25) is 0 Å². The fourth-order valence-corrected chi connectivity index (χ4v) is 5.19. The van der Waals surface area contributed by atoms with Gasteiger partial charge in [-0.25, -0.2) is 0 Å². The Morgan fingerprint density at radius 1 is 1.03 bits per heavy atom. The molecule has 2 aliphatic rings. The van der Waals surface area contributed by atoms with Gasteiger partial charge in [-0.1, -0.05) is 12.1 Å². The van der Waals surface area contributed by atoms with Crippen molar-refractivity contribution in [2.24, 2.45) is 5.41 Å². The third kappa shape index (κ3) is 4.55. The van der Waals surface area contributed by atoms with Gasteiger partial charge in [0.25, 0.3) is 5.91 Å². The van der Waals surface area contributed by atoms with E-state index in [1.807, 2.05) is 35.2 Å². The van der Waals surface area contributed by atoms with Crippen molar-refractivity contribution < 1.29 is 27.9 Å². The lowest BCUT2D eigenvalue weighted by Crippen LogP contribution is -2.44. The summed E-state index contributed by atoms with van der Waals surface area (Å²) in [5, 5.41) is 0.872. The van der Waals surface area contributed by atoms with Gasteiger partial charge < -0.3 is 23.2 Å². The van der Waals surface area contributed by atoms with Crippen molar-refractivity contribution in [1.82, 2.24) is 9.80 Å². The molecule has 0 bridgehead atoms. The molecular formula is C26H30N2O6. The highest BCUT2D eigenvalue weighted by molar-refractivity contribution is 5.97. The van der Waals surface area contributed by atoms with Crippen LogP contribution in [0.1, 0.15) is 48.3 Å². The van der Waals surface area contributed by atoms with Crippen molar-refractivity contribution in [2.45, 2.75) is 39.3 Å². The number of ether oxygens (including phenoxy) is 2. The van der Waals surface area contributed by atoms with Crippen molar-refractivity contribution in [3.63, 3.8) is 0 Å². The van der Waals surface area contributed by atoms with Gasteiger partial charge in [-0.05, 0) is 55.5 Å². The first-order valence-electron chi connectivity index (χ1n) is 11.7. The molecule has 2 fully saturated rings. The normalized spacial score (nSPS) is 18.0. The van der Waals surface area contributed by atoms with E-state index in [4.69, 9.17) is 18.3 Å². The molecule has 8 nitrogen and oxygen atoms in total. The third-order valence-corrected chi connectivity index (χ3v) is 7.08. The number of fused-ring (bicyclic) bond motifs is 1. The fraction of sp³-hybridized carbons (Fsp3) is 0.462. The molecule has 0 atom stereocenters.